The van der Waals surface area contributed by atoms with E-state index in [1.807, 2.05) is 12.1 Å². The van der Waals surface area contributed by atoms with Gasteiger partial charge in [0.25, 0.3) is 0 Å². The van der Waals surface area contributed by atoms with Crippen molar-refractivity contribution < 1.29 is 0 Å². The van der Waals surface area contributed by atoms with Gasteiger partial charge in [-0.05, 0) is 48.9 Å². The molecule has 1 aromatic rings. The first-order chi connectivity index (χ1) is 8.71. The second-order valence-corrected chi connectivity index (χ2v) is 7.50. The second-order valence-electron chi connectivity index (χ2n) is 7.50. The molecular formula is C17H24N2. The van der Waals surface area contributed by atoms with Gasteiger partial charge in [0.2, 0.25) is 0 Å². The van der Waals surface area contributed by atoms with Crippen LogP contribution < -0.4 is 0 Å². The summed E-state index contributed by atoms with van der Waals surface area (Å²) in [5.74, 6) is 0. The van der Waals surface area contributed by atoms with E-state index in [1.54, 1.807) is 0 Å². The van der Waals surface area contributed by atoms with Crippen molar-refractivity contribution in [2.24, 2.45) is 5.41 Å². The van der Waals surface area contributed by atoms with E-state index in [9.17, 15) is 0 Å². The van der Waals surface area contributed by atoms with Gasteiger partial charge in [-0.25, -0.2) is 0 Å². The number of rotatable bonds is 2. The summed E-state index contributed by atoms with van der Waals surface area (Å²) in [5, 5.41) is 8.98. The van der Waals surface area contributed by atoms with E-state index in [1.165, 1.54) is 17.5 Å². The highest BCUT2D eigenvalue weighted by molar-refractivity contribution is 5.40. The number of hydrogen-bond donors (Lipinski definition) is 0. The minimum Gasteiger partial charge on any atom is -0.290 e. The van der Waals surface area contributed by atoms with Crippen molar-refractivity contribution in [2.75, 3.05) is 0 Å². The van der Waals surface area contributed by atoms with Crippen molar-refractivity contribution in [1.29, 1.82) is 5.26 Å². The average molecular weight is 256 g/mol. The molecule has 0 saturated carbocycles. The van der Waals surface area contributed by atoms with Crippen LogP contribution in [0.1, 0.15) is 57.7 Å². The Balaban J connectivity index is 2.17. The fourth-order valence-electron chi connectivity index (χ4n) is 3.30. The Morgan fingerprint density at radius 1 is 1.11 bits per heavy atom. The van der Waals surface area contributed by atoms with E-state index in [0.29, 0.717) is 5.41 Å². The summed E-state index contributed by atoms with van der Waals surface area (Å²) in [6.45, 7) is 13.5. The van der Waals surface area contributed by atoms with Gasteiger partial charge in [-0.2, -0.15) is 5.26 Å². The molecule has 2 rings (SSSR count). The van der Waals surface area contributed by atoms with Crippen molar-refractivity contribution in [1.82, 2.24) is 4.90 Å². The molecule has 2 nitrogen and oxygen atoms in total. The third kappa shape index (κ3) is 3.16. The molecule has 0 bridgehead atoms. The van der Waals surface area contributed by atoms with Crippen LogP contribution in [0.2, 0.25) is 0 Å². The zero-order valence-electron chi connectivity index (χ0n) is 12.7. The Bertz CT molecular complexity index is 515. The lowest BCUT2D eigenvalue weighted by Gasteiger charge is -2.40. The van der Waals surface area contributed by atoms with Crippen LogP contribution in [0.25, 0.3) is 0 Å². The van der Waals surface area contributed by atoms with Crippen molar-refractivity contribution in [2.45, 2.75) is 59.7 Å². The highest BCUT2D eigenvalue weighted by atomic mass is 15.2. The number of nitriles is 1. The minimum atomic E-state index is 0.185. The van der Waals surface area contributed by atoms with Crippen molar-refractivity contribution >= 4 is 0 Å². The molecule has 0 N–H and O–H groups in total. The zero-order valence-corrected chi connectivity index (χ0v) is 12.7. The van der Waals surface area contributed by atoms with Gasteiger partial charge in [0.05, 0.1) is 11.6 Å². The molecule has 1 aliphatic rings. The quantitative estimate of drug-likeness (QED) is 0.797. The summed E-state index contributed by atoms with van der Waals surface area (Å²) in [5.41, 5.74) is 3.98. The van der Waals surface area contributed by atoms with E-state index in [4.69, 9.17) is 5.26 Å². The first-order valence-electron chi connectivity index (χ1n) is 6.98. The Hall–Kier alpha value is -1.33. The van der Waals surface area contributed by atoms with Crippen LogP contribution in [-0.4, -0.2) is 10.4 Å². The van der Waals surface area contributed by atoms with Gasteiger partial charge >= 0.3 is 0 Å². The van der Waals surface area contributed by atoms with Crippen LogP contribution in [0.15, 0.2) is 18.2 Å². The van der Waals surface area contributed by atoms with Crippen molar-refractivity contribution in [3.63, 3.8) is 0 Å². The number of hydrogen-bond acceptors (Lipinski definition) is 2. The van der Waals surface area contributed by atoms with Crippen LogP contribution in [0.5, 0.6) is 0 Å². The summed E-state index contributed by atoms with van der Waals surface area (Å²) >= 11 is 0. The van der Waals surface area contributed by atoms with Crippen LogP contribution >= 0.6 is 0 Å². The fourth-order valence-corrected chi connectivity index (χ4v) is 3.30. The molecule has 0 amide bonds. The number of nitrogens with zero attached hydrogens (tertiary/aromatic N) is 2. The van der Waals surface area contributed by atoms with Crippen molar-refractivity contribution in [3.8, 4) is 6.07 Å². The predicted molar refractivity (Wildman–Crippen MR) is 78.6 cm³/mol. The summed E-state index contributed by atoms with van der Waals surface area (Å²) in [6, 6.07) is 8.32. The molecule has 19 heavy (non-hydrogen) atoms. The lowest BCUT2D eigenvalue weighted by atomic mass is 9.81. The molecule has 0 atom stereocenters. The van der Waals surface area contributed by atoms with E-state index in [2.05, 4.69) is 51.7 Å². The molecule has 1 heterocycles. The predicted octanol–water partition coefficient (Wildman–Crippen LogP) is 4.09. The van der Waals surface area contributed by atoms with E-state index < -0.39 is 0 Å². The normalized spacial score (nSPS) is 16.2. The summed E-state index contributed by atoms with van der Waals surface area (Å²) in [7, 11) is 0. The zero-order chi connectivity index (χ0) is 14.3. The smallest absolute Gasteiger partial charge is 0.0991 e. The molecule has 0 unspecified atom stereocenters. The minimum absolute atomic E-state index is 0.185. The maximum Gasteiger partial charge on any atom is 0.0991 e. The van der Waals surface area contributed by atoms with Gasteiger partial charge in [0.1, 0.15) is 0 Å². The number of fused-ring (bicyclic) bond motifs is 1. The van der Waals surface area contributed by atoms with Crippen molar-refractivity contribution in [3.05, 3.63) is 34.9 Å². The third-order valence-electron chi connectivity index (χ3n) is 3.88. The SMILES string of the molecule is CC(C)(C)CC(C)(C)N1Cc2ccc(C#N)cc2C1. The Labute approximate surface area is 117 Å². The molecule has 0 fully saturated rings. The van der Waals surface area contributed by atoms with Gasteiger partial charge in [0.15, 0.2) is 0 Å². The standard InChI is InChI=1S/C17H24N2/c1-16(2,3)12-17(4,5)19-10-14-7-6-13(9-18)8-15(14)11-19/h6-8H,10-12H2,1-5H3. The highest BCUT2D eigenvalue weighted by Crippen LogP contribution is 2.36. The van der Waals surface area contributed by atoms with Gasteiger partial charge in [-0.15, -0.1) is 0 Å². The first kappa shape index (κ1) is 14.1. The molecular weight excluding hydrogens is 232 g/mol. The Kier molecular flexibility index (Phi) is 3.45. The van der Waals surface area contributed by atoms with Crippen LogP contribution in [0, 0.1) is 16.7 Å². The summed E-state index contributed by atoms with van der Waals surface area (Å²) < 4.78 is 0. The first-order valence-corrected chi connectivity index (χ1v) is 6.98. The van der Waals surface area contributed by atoms with Crippen LogP contribution in [0.3, 0.4) is 0 Å². The van der Waals surface area contributed by atoms with Crippen LogP contribution in [0.4, 0.5) is 0 Å². The van der Waals surface area contributed by atoms with E-state index in [-0.39, 0.29) is 5.54 Å². The molecule has 1 aromatic carbocycles. The van der Waals surface area contributed by atoms with Crippen LogP contribution in [-0.2, 0) is 13.1 Å². The second kappa shape index (κ2) is 4.65. The van der Waals surface area contributed by atoms with Gasteiger partial charge in [0, 0.05) is 18.6 Å². The molecule has 0 saturated heterocycles. The molecule has 0 spiro atoms. The monoisotopic (exact) mass is 256 g/mol. The summed E-state index contributed by atoms with van der Waals surface area (Å²) in [6.07, 6.45) is 1.17. The maximum absolute atomic E-state index is 8.98. The van der Waals surface area contributed by atoms with Gasteiger partial charge in [-0.3, -0.25) is 4.90 Å². The highest BCUT2D eigenvalue weighted by Gasteiger charge is 2.34. The lowest BCUT2D eigenvalue weighted by molar-refractivity contribution is 0.0745. The molecule has 0 aliphatic carbocycles. The molecule has 0 aromatic heterocycles. The van der Waals surface area contributed by atoms with E-state index >= 15 is 0 Å². The fraction of sp³-hybridized carbons (Fsp3) is 0.588. The van der Waals surface area contributed by atoms with Gasteiger partial charge in [-0.1, -0.05) is 26.8 Å². The maximum atomic E-state index is 8.98. The Morgan fingerprint density at radius 3 is 2.32 bits per heavy atom. The lowest BCUT2D eigenvalue weighted by Crippen LogP contribution is -2.43. The largest absolute Gasteiger partial charge is 0.290 e. The number of benzene rings is 1. The van der Waals surface area contributed by atoms with Gasteiger partial charge < -0.3 is 0 Å². The molecule has 102 valence electrons. The van der Waals surface area contributed by atoms with E-state index in [0.717, 1.165) is 18.7 Å². The summed E-state index contributed by atoms with van der Waals surface area (Å²) in [4.78, 5) is 2.53. The molecule has 2 heteroatoms. The average Bonchev–Trinajstić information content (AvgIpc) is 2.68. The third-order valence-corrected chi connectivity index (χ3v) is 3.88. The Morgan fingerprint density at radius 2 is 1.74 bits per heavy atom. The topological polar surface area (TPSA) is 27.0 Å². The molecule has 0 radical (unpaired) electrons. The molecule has 1 aliphatic heterocycles.